The highest BCUT2D eigenvalue weighted by molar-refractivity contribution is 5.92. The molecule has 1 fully saturated rings. The Balaban J connectivity index is 1.52. The molecule has 7 nitrogen and oxygen atoms in total. The van der Waals surface area contributed by atoms with Crippen LogP contribution in [0.2, 0.25) is 0 Å². The van der Waals surface area contributed by atoms with Gasteiger partial charge in [0.2, 0.25) is 0 Å². The molecule has 2 aromatic carbocycles. The second kappa shape index (κ2) is 7.96. The number of pyridine rings is 1. The van der Waals surface area contributed by atoms with Crippen LogP contribution in [0.5, 0.6) is 0 Å². The summed E-state index contributed by atoms with van der Waals surface area (Å²) in [7, 11) is 0. The van der Waals surface area contributed by atoms with Crippen LogP contribution in [0.4, 0.5) is 17.2 Å². The summed E-state index contributed by atoms with van der Waals surface area (Å²) in [4.78, 5) is 26.5. The number of benzene rings is 2. The van der Waals surface area contributed by atoms with Crippen molar-refractivity contribution in [2.45, 2.75) is 0 Å². The fraction of sp³-hybridized carbons (Fsp3) is 0.174. The fourth-order valence-electron chi connectivity index (χ4n) is 3.65. The summed E-state index contributed by atoms with van der Waals surface area (Å²) >= 11 is 0. The first-order valence-electron chi connectivity index (χ1n) is 9.91. The van der Waals surface area contributed by atoms with Crippen molar-refractivity contribution in [3.63, 3.8) is 0 Å². The highest BCUT2D eigenvalue weighted by Crippen LogP contribution is 2.27. The summed E-state index contributed by atoms with van der Waals surface area (Å²) < 4.78 is 5.42. The average Bonchev–Trinajstić information content (AvgIpc) is 2.81. The summed E-state index contributed by atoms with van der Waals surface area (Å²) in [5.74, 6) is 0.486. The van der Waals surface area contributed by atoms with Gasteiger partial charge in [0.15, 0.2) is 0 Å². The topological polar surface area (TPSA) is 83.1 Å². The second-order valence-electron chi connectivity index (χ2n) is 7.12. The number of anilines is 3. The van der Waals surface area contributed by atoms with E-state index >= 15 is 0 Å². The van der Waals surface area contributed by atoms with Gasteiger partial charge in [-0.2, -0.15) is 0 Å². The minimum absolute atomic E-state index is 0.223. The molecule has 0 aliphatic carbocycles. The van der Waals surface area contributed by atoms with E-state index in [9.17, 15) is 4.79 Å². The fourth-order valence-corrected chi connectivity index (χ4v) is 3.65. The molecule has 1 aliphatic rings. The zero-order chi connectivity index (χ0) is 20.3. The molecule has 4 aromatic rings. The predicted octanol–water partition coefficient (Wildman–Crippen LogP) is 3.57. The maximum atomic E-state index is 12.5. The second-order valence-corrected chi connectivity index (χ2v) is 7.12. The van der Waals surface area contributed by atoms with Gasteiger partial charge in [-0.3, -0.25) is 4.79 Å². The molecule has 0 bridgehead atoms. The van der Waals surface area contributed by atoms with E-state index < -0.39 is 0 Å². The molecule has 0 amide bonds. The molecular weight excluding hydrogens is 378 g/mol. The van der Waals surface area contributed by atoms with E-state index in [1.165, 1.54) is 6.33 Å². The van der Waals surface area contributed by atoms with Crippen molar-refractivity contribution < 1.29 is 4.74 Å². The third-order valence-corrected chi connectivity index (χ3v) is 5.20. The number of nitrogens with one attached hydrogen (secondary N) is 2. The Morgan fingerprint density at radius 3 is 2.53 bits per heavy atom. The van der Waals surface area contributed by atoms with Crippen LogP contribution in [0.25, 0.3) is 22.2 Å². The first-order chi connectivity index (χ1) is 14.8. The molecule has 0 saturated carbocycles. The lowest BCUT2D eigenvalue weighted by Crippen LogP contribution is -2.36. The SMILES string of the molecule is O=c1[nH]cnc2cc(-c3ccccc3)nc(Nc3ccc(N4CCOCC4)cc3)c12. The Bertz CT molecular complexity index is 1220. The van der Waals surface area contributed by atoms with Gasteiger partial charge >= 0.3 is 0 Å². The summed E-state index contributed by atoms with van der Waals surface area (Å²) in [5, 5.41) is 3.75. The smallest absolute Gasteiger partial charge is 0.262 e. The standard InChI is InChI=1S/C23H21N5O2/c29-23-21-20(24-15-25-23)14-19(16-4-2-1-3-5-16)27-22(21)26-17-6-8-18(9-7-17)28-10-12-30-13-11-28/h1-9,14-15H,10-13H2,(H,26,27)(H,24,25,29). The minimum Gasteiger partial charge on any atom is -0.378 e. The van der Waals surface area contributed by atoms with E-state index in [1.54, 1.807) is 0 Å². The molecular formula is C23H21N5O2. The van der Waals surface area contributed by atoms with Gasteiger partial charge in [-0.05, 0) is 30.3 Å². The van der Waals surface area contributed by atoms with Gasteiger partial charge in [0.05, 0.1) is 30.8 Å². The quantitative estimate of drug-likeness (QED) is 0.546. The molecule has 150 valence electrons. The molecule has 0 spiro atoms. The van der Waals surface area contributed by atoms with Crippen LogP contribution < -0.4 is 15.8 Å². The van der Waals surface area contributed by atoms with Gasteiger partial charge in [0.1, 0.15) is 11.2 Å². The highest BCUT2D eigenvalue weighted by atomic mass is 16.5. The van der Waals surface area contributed by atoms with E-state index in [2.05, 4.69) is 32.3 Å². The van der Waals surface area contributed by atoms with Crippen molar-refractivity contribution in [1.29, 1.82) is 0 Å². The summed E-state index contributed by atoms with van der Waals surface area (Å²) in [6.07, 6.45) is 1.42. The molecule has 0 atom stereocenters. The molecule has 1 aliphatic heterocycles. The normalized spacial score (nSPS) is 14.1. The van der Waals surface area contributed by atoms with Gasteiger partial charge in [-0.15, -0.1) is 0 Å². The third-order valence-electron chi connectivity index (χ3n) is 5.20. The number of hydrogen-bond acceptors (Lipinski definition) is 6. The first-order valence-corrected chi connectivity index (χ1v) is 9.91. The van der Waals surface area contributed by atoms with Crippen LogP contribution in [0.1, 0.15) is 0 Å². The Morgan fingerprint density at radius 2 is 1.77 bits per heavy atom. The lowest BCUT2D eigenvalue weighted by Gasteiger charge is -2.28. The molecule has 1 saturated heterocycles. The van der Waals surface area contributed by atoms with Gasteiger partial charge in [0.25, 0.3) is 5.56 Å². The Labute approximate surface area is 173 Å². The molecule has 0 radical (unpaired) electrons. The molecule has 3 heterocycles. The maximum Gasteiger partial charge on any atom is 0.262 e. The van der Waals surface area contributed by atoms with Crippen LogP contribution in [-0.4, -0.2) is 41.3 Å². The van der Waals surface area contributed by atoms with Gasteiger partial charge in [-0.25, -0.2) is 9.97 Å². The van der Waals surface area contributed by atoms with E-state index in [1.807, 2.05) is 48.5 Å². The summed E-state index contributed by atoms with van der Waals surface area (Å²) in [6.45, 7) is 3.27. The molecule has 30 heavy (non-hydrogen) atoms. The molecule has 0 unspecified atom stereocenters. The number of ether oxygens (including phenoxy) is 1. The van der Waals surface area contributed by atoms with Crippen molar-refractivity contribution in [2.24, 2.45) is 0 Å². The van der Waals surface area contributed by atoms with Crippen molar-refractivity contribution in [3.8, 4) is 11.3 Å². The van der Waals surface area contributed by atoms with Crippen LogP contribution in [-0.2, 0) is 4.74 Å². The largest absolute Gasteiger partial charge is 0.378 e. The van der Waals surface area contributed by atoms with E-state index in [0.717, 1.165) is 48.9 Å². The van der Waals surface area contributed by atoms with Gasteiger partial charge in [0, 0.05) is 30.0 Å². The summed E-state index contributed by atoms with van der Waals surface area (Å²) in [6, 6.07) is 19.8. The van der Waals surface area contributed by atoms with Crippen LogP contribution >= 0.6 is 0 Å². The number of H-pyrrole nitrogens is 1. The molecule has 2 aromatic heterocycles. The monoisotopic (exact) mass is 399 g/mol. The van der Waals surface area contributed by atoms with Crippen molar-refractivity contribution in [2.75, 3.05) is 36.5 Å². The van der Waals surface area contributed by atoms with Gasteiger partial charge < -0.3 is 19.9 Å². The Hall–Kier alpha value is -3.71. The predicted molar refractivity (Wildman–Crippen MR) is 118 cm³/mol. The number of hydrogen-bond donors (Lipinski definition) is 2. The number of nitrogens with zero attached hydrogens (tertiary/aromatic N) is 3. The molecule has 2 N–H and O–H groups in total. The average molecular weight is 399 g/mol. The summed E-state index contributed by atoms with van der Waals surface area (Å²) in [5.41, 5.74) is 4.11. The number of morpholine rings is 1. The number of aromatic nitrogens is 3. The Kier molecular flexibility index (Phi) is 4.86. The van der Waals surface area contributed by atoms with Crippen LogP contribution in [0.15, 0.2) is 71.8 Å². The van der Waals surface area contributed by atoms with Crippen LogP contribution in [0, 0.1) is 0 Å². The zero-order valence-corrected chi connectivity index (χ0v) is 16.3. The highest BCUT2D eigenvalue weighted by Gasteiger charge is 2.14. The lowest BCUT2D eigenvalue weighted by molar-refractivity contribution is 0.122. The molecule has 7 heteroatoms. The number of rotatable bonds is 4. The minimum atomic E-state index is -0.223. The first kappa shape index (κ1) is 18.3. The third kappa shape index (κ3) is 3.62. The van der Waals surface area contributed by atoms with Crippen molar-refractivity contribution >= 4 is 28.1 Å². The lowest BCUT2D eigenvalue weighted by atomic mass is 10.1. The van der Waals surface area contributed by atoms with E-state index in [0.29, 0.717) is 16.7 Å². The number of fused-ring (bicyclic) bond motifs is 1. The zero-order valence-electron chi connectivity index (χ0n) is 16.3. The van der Waals surface area contributed by atoms with Crippen molar-refractivity contribution in [1.82, 2.24) is 15.0 Å². The van der Waals surface area contributed by atoms with E-state index in [-0.39, 0.29) is 5.56 Å². The maximum absolute atomic E-state index is 12.5. The molecule has 5 rings (SSSR count). The van der Waals surface area contributed by atoms with Crippen LogP contribution in [0.3, 0.4) is 0 Å². The number of aromatic amines is 1. The van der Waals surface area contributed by atoms with E-state index in [4.69, 9.17) is 9.72 Å². The van der Waals surface area contributed by atoms with Crippen molar-refractivity contribution in [3.05, 3.63) is 77.3 Å². The Morgan fingerprint density at radius 1 is 1.00 bits per heavy atom. The van der Waals surface area contributed by atoms with Gasteiger partial charge in [-0.1, -0.05) is 30.3 Å².